The van der Waals surface area contributed by atoms with Gasteiger partial charge in [-0.05, 0) is 31.4 Å². The Labute approximate surface area is 90.3 Å². The SMILES string of the molecule is C=C(CC(C)O)c1ccc(C(C)=O)cc1. The molecule has 0 amide bonds. The van der Waals surface area contributed by atoms with Gasteiger partial charge >= 0.3 is 0 Å². The minimum atomic E-state index is -0.384. The Morgan fingerprint density at radius 2 is 1.80 bits per heavy atom. The number of carbonyl (C=O) groups is 1. The molecule has 0 fully saturated rings. The van der Waals surface area contributed by atoms with Gasteiger partial charge in [0, 0.05) is 5.56 Å². The lowest BCUT2D eigenvalue weighted by atomic mass is 10.00. The molecule has 80 valence electrons. The molecule has 1 atom stereocenters. The van der Waals surface area contributed by atoms with Gasteiger partial charge in [-0.1, -0.05) is 30.8 Å². The molecule has 1 unspecified atom stereocenters. The summed E-state index contributed by atoms with van der Waals surface area (Å²) in [5.41, 5.74) is 2.56. The number of benzene rings is 1. The zero-order valence-electron chi connectivity index (χ0n) is 9.16. The molecule has 0 aliphatic heterocycles. The molecule has 0 saturated heterocycles. The molecule has 0 heterocycles. The number of rotatable bonds is 4. The summed E-state index contributed by atoms with van der Waals surface area (Å²) >= 11 is 0. The van der Waals surface area contributed by atoms with E-state index in [1.807, 2.05) is 12.1 Å². The van der Waals surface area contributed by atoms with Crippen LogP contribution in [-0.2, 0) is 0 Å². The number of aliphatic hydroxyl groups is 1. The highest BCUT2D eigenvalue weighted by Gasteiger charge is 2.04. The third kappa shape index (κ3) is 3.33. The van der Waals surface area contributed by atoms with E-state index in [-0.39, 0.29) is 11.9 Å². The fourth-order valence-electron chi connectivity index (χ4n) is 1.42. The van der Waals surface area contributed by atoms with Gasteiger partial charge in [-0.25, -0.2) is 0 Å². The van der Waals surface area contributed by atoms with E-state index in [9.17, 15) is 9.90 Å². The molecule has 2 nitrogen and oxygen atoms in total. The largest absolute Gasteiger partial charge is 0.393 e. The normalized spacial score (nSPS) is 12.2. The van der Waals surface area contributed by atoms with Crippen LogP contribution in [0.25, 0.3) is 5.57 Å². The van der Waals surface area contributed by atoms with Crippen molar-refractivity contribution in [3.63, 3.8) is 0 Å². The van der Waals surface area contributed by atoms with E-state index in [1.165, 1.54) is 0 Å². The summed E-state index contributed by atoms with van der Waals surface area (Å²) in [6.07, 6.45) is 0.171. The summed E-state index contributed by atoms with van der Waals surface area (Å²) < 4.78 is 0. The lowest BCUT2D eigenvalue weighted by Gasteiger charge is -2.08. The second kappa shape index (κ2) is 4.89. The van der Waals surface area contributed by atoms with Gasteiger partial charge in [0.25, 0.3) is 0 Å². The van der Waals surface area contributed by atoms with Crippen molar-refractivity contribution in [3.05, 3.63) is 42.0 Å². The van der Waals surface area contributed by atoms with Crippen LogP contribution in [0.3, 0.4) is 0 Å². The maximum Gasteiger partial charge on any atom is 0.159 e. The molecule has 0 radical (unpaired) electrons. The Balaban J connectivity index is 2.80. The number of hydrogen-bond acceptors (Lipinski definition) is 2. The minimum absolute atomic E-state index is 0.0580. The van der Waals surface area contributed by atoms with Gasteiger partial charge in [-0.2, -0.15) is 0 Å². The maximum atomic E-state index is 11.0. The van der Waals surface area contributed by atoms with Gasteiger partial charge in [0.1, 0.15) is 0 Å². The summed E-state index contributed by atoms with van der Waals surface area (Å²) in [6.45, 7) is 7.17. The Hall–Kier alpha value is -1.41. The van der Waals surface area contributed by atoms with E-state index >= 15 is 0 Å². The minimum Gasteiger partial charge on any atom is -0.393 e. The van der Waals surface area contributed by atoms with Crippen molar-refractivity contribution in [2.75, 3.05) is 0 Å². The molecule has 1 aromatic carbocycles. The number of Topliss-reactive ketones (excluding diaryl/α,β-unsaturated/α-hetero) is 1. The summed E-state index contributed by atoms with van der Waals surface area (Å²) in [5, 5.41) is 9.21. The molecule has 0 spiro atoms. The van der Waals surface area contributed by atoms with Crippen molar-refractivity contribution in [3.8, 4) is 0 Å². The molecule has 15 heavy (non-hydrogen) atoms. The average Bonchev–Trinajstić information content (AvgIpc) is 2.17. The van der Waals surface area contributed by atoms with Gasteiger partial charge in [0.2, 0.25) is 0 Å². The molecule has 1 aromatic rings. The van der Waals surface area contributed by atoms with Crippen LogP contribution in [-0.4, -0.2) is 17.0 Å². The summed E-state index contributed by atoms with van der Waals surface area (Å²) in [4.78, 5) is 11.0. The van der Waals surface area contributed by atoms with Crippen molar-refractivity contribution >= 4 is 11.4 Å². The second-order valence-electron chi connectivity index (χ2n) is 3.79. The number of hydrogen-bond donors (Lipinski definition) is 1. The zero-order valence-corrected chi connectivity index (χ0v) is 9.16. The lowest BCUT2D eigenvalue weighted by molar-refractivity contribution is 0.101. The fraction of sp³-hybridized carbons (Fsp3) is 0.308. The second-order valence-corrected chi connectivity index (χ2v) is 3.79. The van der Waals surface area contributed by atoms with Gasteiger partial charge < -0.3 is 5.11 Å². The van der Waals surface area contributed by atoms with Crippen LogP contribution in [0.5, 0.6) is 0 Å². The number of aliphatic hydroxyl groups excluding tert-OH is 1. The smallest absolute Gasteiger partial charge is 0.159 e. The van der Waals surface area contributed by atoms with Crippen molar-refractivity contribution in [2.45, 2.75) is 26.4 Å². The topological polar surface area (TPSA) is 37.3 Å². The molecule has 0 bridgehead atoms. The summed E-state index contributed by atoms with van der Waals surface area (Å²) in [6, 6.07) is 7.29. The predicted octanol–water partition coefficient (Wildman–Crippen LogP) is 2.67. The third-order valence-electron chi connectivity index (χ3n) is 2.24. The first-order chi connectivity index (χ1) is 7.00. The first-order valence-corrected chi connectivity index (χ1v) is 4.98. The molecule has 0 aromatic heterocycles. The van der Waals surface area contributed by atoms with Crippen molar-refractivity contribution in [1.29, 1.82) is 0 Å². The maximum absolute atomic E-state index is 11.0. The van der Waals surface area contributed by atoms with Crippen molar-refractivity contribution in [1.82, 2.24) is 0 Å². The lowest BCUT2D eigenvalue weighted by Crippen LogP contribution is -2.00. The Morgan fingerprint density at radius 3 is 2.20 bits per heavy atom. The molecular weight excluding hydrogens is 188 g/mol. The Bertz CT molecular complexity index is 361. The quantitative estimate of drug-likeness (QED) is 0.765. The van der Waals surface area contributed by atoms with Crippen LogP contribution < -0.4 is 0 Å². The average molecular weight is 204 g/mol. The van der Waals surface area contributed by atoms with E-state index in [4.69, 9.17) is 0 Å². The highest BCUT2D eigenvalue weighted by Crippen LogP contribution is 2.18. The molecule has 2 heteroatoms. The molecule has 0 aliphatic rings. The van der Waals surface area contributed by atoms with Crippen LogP contribution in [0.15, 0.2) is 30.8 Å². The molecule has 1 N–H and O–H groups in total. The Morgan fingerprint density at radius 1 is 1.33 bits per heavy atom. The Kier molecular flexibility index (Phi) is 3.81. The van der Waals surface area contributed by atoms with E-state index in [0.717, 1.165) is 11.1 Å². The summed E-state index contributed by atoms with van der Waals surface area (Å²) in [5.74, 6) is 0.0580. The van der Waals surface area contributed by atoms with Crippen LogP contribution in [0.2, 0.25) is 0 Å². The predicted molar refractivity (Wildman–Crippen MR) is 61.8 cm³/mol. The van der Waals surface area contributed by atoms with Gasteiger partial charge in [0.15, 0.2) is 5.78 Å². The highest BCUT2D eigenvalue weighted by molar-refractivity contribution is 5.94. The summed E-state index contributed by atoms with van der Waals surface area (Å²) in [7, 11) is 0. The highest BCUT2D eigenvalue weighted by atomic mass is 16.3. The van der Waals surface area contributed by atoms with Crippen molar-refractivity contribution < 1.29 is 9.90 Å². The standard InChI is InChI=1S/C13H16O2/c1-9(8-10(2)14)12-4-6-13(7-5-12)11(3)15/h4-7,10,14H,1,8H2,2-3H3. The first-order valence-electron chi connectivity index (χ1n) is 4.98. The van der Waals surface area contributed by atoms with Gasteiger partial charge in [0.05, 0.1) is 6.10 Å². The molecule has 0 saturated carbocycles. The zero-order chi connectivity index (χ0) is 11.4. The van der Waals surface area contributed by atoms with Crippen LogP contribution in [0.4, 0.5) is 0 Å². The van der Waals surface area contributed by atoms with Crippen LogP contribution in [0.1, 0.15) is 36.2 Å². The van der Waals surface area contributed by atoms with E-state index < -0.39 is 0 Å². The third-order valence-corrected chi connectivity index (χ3v) is 2.24. The number of carbonyl (C=O) groups excluding carboxylic acids is 1. The molecular formula is C13H16O2. The van der Waals surface area contributed by atoms with E-state index in [0.29, 0.717) is 12.0 Å². The molecule has 1 rings (SSSR count). The van der Waals surface area contributed by atoms with Crippen LogP contribution in [0, 0.1) is 0 Å². The van der Waals surface area contributed by atoms with Gasteiger partial charge in [-0.15, -0.1) is 0 Å². The first kappa shape index (κ1) is 11.7. The monoisotopic (exact) mass is 204 g/mol. The van der Waals surface area contributed by atoms with Crippen LogP contribution >= 0.6 is 0 Å². The van der Waals surface area contributed by atoms with Gasteiger partial charge in [-0.3, -0.25) is 4.79 Å². The fourth-order valence-corrected chi connectivity index (χ4v) is 1.42. The van der Waals surface area contributed by atoms with E-state index in [1.54, 1.807) is 26.0 Å². The molecule has 0 aliphatic carbocycles. The van der Waals surface area contributed by atoms with Crippen molar-refractivity contribution in [2.24, 2.45) is 0 Å². The van der Waals surface area contributed by atoms with E-state index in [2.05, 4.69) is 6.58 Å². The number of ketones is 1.